The molecule has 1 aromatic heterocycles. The molecule has 0 spiro atoms. The third kappa shape index (κ3) is 4.07. The fraction of sp³-hybridized carbons (Fsp3) is 0.143. The minimum absolute atomic E-state index is 0.216. The van der Waals surface area contributed by atoms with Gasteiger partial charge < -0.3 is 5.11 Å². The highest BCUT2D eigenvalue weighted by atomic mass is 16.4. The van der Waals surface area contributed by atoms with Gasteiger partial charge >= 0.3 is 6.09 Å². The number of anilines is 1. The zero-order valence-corrected chi connectivity index (χ0v) is 15.2. The van der Waals surface area contributed by atoms with Crippen LogP contribution in [-0.4, -0.2) is 27.5 Å². The first-order chi connectivity index (χ1) is 13.5. The molecule has 0 aliphatic rings. The number of nitrogens with zero attached hydrogens (tertiary/aromatic N) is 4. The van der Waals surface area contributed by atoms with E-state index in [4.69, 9.17) is 5.26 Å². The van der Waals surface area contributed by atoms with Crippen LogP contribution in [0.1, 0.15) is 18.1 Å². The van der Waals surface area contributed by atoms with Gasteiger partial charge in [0, 0.05) is 23.9 Å². The SMILES string of the molecule is CCN(C(=O)O)c1cccc(Cn2nc(-c3ccc(C#N)cc3)ccc2=O)c1. The van der Waals surface area contributed by atoms with Crippen molar-refractivity contribution in [1.82, 2.24) is 9.78 Å². The summed E-state index contributed by atoms with van der Waals surface area (Å²) >= 11 is 0. The lowest BCUT2D eigenvalue weighted by Crippen LogP contribution is -2.29. The van der Waals surface area contributed by atoms with Gasteiger partial charge in [-0.2, -0.15) is 10.4 Å². The van der Waals surface area contributed by atoms with Crippen LogP contribution in [0, 0.1) is 11.3 Å². The van der Waals surface area contributed by atoms with E-state index in [0.717, 1.165) is 11.1 Å². The quantitative estimate of drug-likeness (QED) is 0.738. The highest BCUT2D eigenvalue weighted by Crippen LogP contribution is 2.18. The lowest BCUT2D eigenvalue weighted by Gasteiger charge is -2.18. The molecule has 2 aromatic carbocycles. The normalized spacial score (nSPS) is 10.3. The summed E-state index contributed by atoms with van der Waals surface area (Å²) in [6.07, 6.45) is -1.03. The molecule has 0 fully saturated rings. The van der Waals surface area contributed by atoms with Gasteiger partial charge in [-0.1, -0.05) is 24.3 Å². The van der Waals surface area contributed by atoms with Crippen molar-refractivity contribution in [2.45, 2.75) is 13.5 Å². The van der Waals surface area contributed by atoms with E-state index in [-0.39, 0.29) is 12.1 Å². The summed E-state index contributed by atoms with van der Waals surface area (Å²) in [6.45, 7) is 2.30. The van der Waals surface area contributed by atoms with Gasteiger partial charge in [0.1, 0.15) is 0 Å². The zero-order chi connectivity index (χ0) is 20.1. The number of carbonyl (C=O) groups is 1. The maximum Gasteiger partial charge on any atom is 0.411 e. The third-order valence-electron chi connectivity index (χ3n) is 4.28. The minimum Gasteiger partial charge on any atom is -0.465 e. The topological polar surface area (TPSA) is 99.2 Å². The fourth-order valence-corrected chi connectivity index (χ4v) is 2.86. The predicted molar refractivity (Wildman–Crippen MR) is 105 cm³/mol. The van der Waals surface area contributed by atoms with E-state index >= 15 is 0 Å². The standard InChI is InChI=1S/C21H18N4O3/c1-2-24(21(27)28)18-5-3-4-16(12-18)14-25-20(26)11-10-19(23-25)17-8-6-15(13-22)7-9-17/h3-12H,2,14H2,1H3,(H,27,28). The summed E-state index contributed by atoms with van der Waals surface area (Å²) in [4.78, 5) is 24.8. The second-order valence-electron chi connectivity index (χ2n) is 6.10. The Kier molecular flexibility index (Phi) is 5.51. The summed E-state index contributed by atoms with van der Waals surface area (Å²) in [5.74, 6) is 0. The number of carboxylic acid groups (broad SMARTS) is 1. The first kappa shape index (κ1) is 18.9. The van der Waals surface area contributed by atoms with Crippen molar-refractivity contribution in [1.29, 1.82) is 5.26 Å². The van der Waals surface area contributed by atoms with Crippen LogP contribution in [0.4, 0.5) is 10.5 Å². The molecule has 0 radical (unpaired) electrons. The summed E-state index contributed by atoms with van der Waals surface area (Å²) in [7, 11) is 0. The fourth-order valence-electron chi connectivity index (χ4n) is 2.86. The monoisotopic (exact) mass is 374 g/mol. The van der Waals surface area contributed by atoms with Crippen molar-refractivity contribution in [3.8, 4) is 17.3 Å². The maximum absolute atomic E-state index is 12.2. The Morgan fingerprint density at radius 2 is 1.93 bits per heavy atom. The summed E-state index contributed by atoms with van der Waals surface area (Å²) in [6, 6.07) is 19.1. The number of nitriles is 1. The third-order valence-corrected chi connectivity index (χ3v) is 4.28. The van der Waals surface area contributed by atoms with Crippen LogP contribution in [0.3, 0.4) is 0 Å². The van der Waals surface area contributed by atoms with Gasteiger partial charge in [-0.3, -0.25) is 9.69 Å². The Bertz CT molecular complexity index is 1100. The predicted octanol–water partition coefficient (Wildman–Crippen LogP) is 3.33. The van der Waals surface area contributed by atoms with Crippen molar-refractivity contribution in [3.05, 3.63) is 82.1 Å². The molecular formula is C21H18N4O3. The first-order valence-corrected chi connectivity index (χ1v) is 8.70. The molecule has 0 unspecified atom stereocenters. The molecule has 1 N–H and O–H groups in total. The van der Waals surface area contributed by atoms with Crippen LogP contribution in [0.2, 0.25) is 0 Å². The first-order valence-electron chi connectivity index (χ1n) is 8.70. The molecule has 0 aliphatic heterocycles. The molecule has 0 saturated heterocycles. The number of amides is 1. The number of hydrogen-bond acceptors (Lipinski definition) is 4. The molecule has 28 heavy (non-hydrogen) atoms. The van der Waals surface area contributed by atoms with Crippen molar-refractivity contribution < 1.29 is 9.90 Å². The van der Waals surface area contributed by atoms with E-state index in [9.17, 15) is 14.7 Å². The van der Waals surface area contributed by atoms with Gasteiger partial charge in [0.25, 0.3) is 5.56 Å². The number of rotatable bonds is 5. The van der Waals surface area contributed by atoms with Crippen molar-refractivity contribution >= 4 is 11.8 Å². The molecule has 0 saturated carbocycles. The van der Waals surface area contributed by atoms with Gasteiger partial charge in [-0.15, -0.1) is 0 Å². The molecule has 140 valence electrons. The van der Waals surface area contributed by atoms with Gasteiger partial charge in [-0.05, 0) is 42.8 Å². The molecule has 1 amide bonds. The number of aromatic nitrogens is 2. The second-order valence-corrected chi connectivity index (χ2v) is 6.10. The molecular weight excluding hydrogens is 356 g/mol. The average molecular weight is 374 g/mol. The van der Waals surface area contributed by atoms with Crippen molar-refractivity contribution in [2.75, 3.05) is 11.4 Å². The average Bonchev–Trinajstić information content (AvgIpc) is 2.70. The molecule has 3 rings (SSSR count). The molecule has 7 nitrogen and oxygen atoms in total. The maximum atomic E-state index is 12.2. The lowest BCUT2D eigenvalue weighted by molar-refractivity contribution is 0.202. The van der Waals surface area contributed by atoms with E-state index in [0.29, 0.717) is 23.5 Å². The smallest absolute Gasteiger partial charge is 0.411 e. The Morgan fingerprint density at radius 1 is 1.18 bits per heavy atom. The lowest BCUT2D eigenvalue weighted by atomic mass is 10.1. The Labute approximate surface area is 161 Å². The van der Waals surface area contributed by atoms with E-state index in [1.54, 1.807) is 55.5 Å². The van der Waals surface area contributed by atoms with Gasteiger partial charge in [0.2, 0.25) is 0 Å². The molecule has 3 aromatic rings. The molecule has 0 aliphatic carbocycles. The van der Waals surface area contributed by atoms with E-state index < -0.39 is 6.09 Å². The van der Waals surface area contributed by atoms with Crippen LogP contribution in [0.25, 0.3) is 11.3 Å². The highest BCUT2D eigenvalue weighted by molar-refractivity contribution is 5.85. The highest BCUT2D eigenvalue weighted by Gasteiger charge is 2.12. The molecule has 0 bridgehead atoms. The van der Waals surface area contributed by atoms with E-state index in [2.05, 4.69) is 11.2 Å². The Balaban J connectivity index is 1.91. The summed E-state index contributed by atoms with van der Waals surface area (Å²) < 4.78 is 1.34. The molecule has 1 heterocycles. The van der Waals surface area contributed by atoms with Crippen LogP contribution in [0.5, 0.6) is 0 Å². The summed E-state index contributed by atoms with van der Waals surface area (Å²) in [5.41, 5.74) is 3.01. The number of benzene rings is 2. The van der Waals surface area contributed by atoms with Gasteiger partial charge in [0.05, 0.1) is 23.9 Å². The van der Waals surface area contributed by atoms with Crippen LogP contribution < -0.4 is 10.5 Å². The van der Waals surface area contributed by atoms with Crippen molar-refractivity contribution in [3.63, 3.8) is 0 Å². The van der Waals surface area contributed by atoms with Crippen LogP contribution in [-0.2, 0) is 6.54 Å². The van der Waals surface area contributed by atoms with Gasteiger partial charge in [-0.25, -0.2) is 9.48 Å². The van der Waals surface area contributed by atoms with E-state index in [1.165, 1.54) is 15.6 Å². The van der Waals surface area contributed by atoms with Gasteiger partial charge in [0.15, 0.2) is 0 Å². The number of hydrogen-bond donors (Lipinski definition) is 1. The zero-order valence-electron chi connectivity index (χ0n) is 15.2. The second kappa shape index (κ2) is 8.18. The van der Waals surface area contributed by atoms with Crippen LogP contribution in [0.15, 0.2) is 65.5 Å². The summed E-state index contributed by atoms with van der Waals surface area (Å²) in [5, 5.41) is 22.6. The van der Waals surface area contributed by atoms with E-state index in [1.807, 2.05) is 6.07 Å². The Morgan fingerprint density at radius 3 is 2.57 bits per heavy atom. The van der Waals surface area contributed by atoms with Crippen molar-refractivity contribution in [2.24, 2.45) is 0 Å². The molecule has 7 heteroatoms. The largest absolute Gasteiger partial charge is 0.465 e. The molecule has 0 atom stereocenters. The Hall–Kier alpha value is -3.92. The van der Waals surface area contributed by atoms with Crippen LogP contribution >= 0.6 is 0 Å². The minimum atomic E-state index is -1.03.